The van der Waals surface area contributed by atoms with Gasteiger partial charge in [-0.05, 0) is 37.6 Å². The first-order chi connectivity index (χ1) is 9.46. The molecule has 0 bridgehead atoms. The lowest BCUT2D eigenvalue weighted by Gasteiger charge is -2.31. The van der Waals surface area contributed by atoms with E-state index in [1.807, 2.05) is 6.07 Å². The minimum atomic E-state index is -3.64. The first-order valence-corrected chi connectivity index (χ1v) is 8.17. The highest BCUT2D eigenvalue weighted by Gasteiger charge is 2.30. The predicted octanol–water partition coefficient (Wildman–Crippen LogP) is 1.58. The third-order valence-electron chi connectivity index (χ3n) is 3.50. The van der Waals surface area contributed by atoms with Crippen LogP contribution in [-0.4, -0.2) is 38.9 Å². The average Bonchev–Trinajstić information content (AvgIpc) is 2.46. The maximum absolute atomic E-state index is 12.6. The van der Waals surface area contributed by atoms with E-state index in [1.54, 1.807) is 7.05 Å². The molecule has 1 N–H and O–H groups in total. The fourth-order valence-electron chi connectivity index (χ4n) is 2.27. The van der Waals surface area contributed by atoms with Crippen LogP contribution in [0.25, 0.3) is 0 Å². The van der Waals surface area contributed by atoms with Crippen LogP contribution in [-0.2, 0) is 10.0 Å². The van der Waals surface area contributed by atoms with Crippen molar-refractivity contribution in [3.05, 3.63) is 28.8 Å². The van der Waals surface area contributed by atoms with Crippen molar-refractivity contribution in [3.8, 4) is 6.07 Å². The lowest BCUT2D eigenvalue weighted by Crippen LogP contribution is -2.46. The van der Waals surface area contributed by atoms with Crippen molar-refractivity contribution >= 4 is 21.6 Å². The topological polar surface area (TPSA) is 73.2 Å². The van der Waals surface area contributed by atoms with E-state index in [2.05, 4.69) is 5.32 Å². The fourth-order valence-corrected chi connectivity index (χ4v) is 4.18. The molecule has 1 aromatic rings. The van der Waals surface area contributed by atoms with Crippen molar-refractivity contribution in [3.63, 3.8) is 0 Å². The van der Waals surface area contributed by atoms with E-state index >= 15 is 0 Å². The molecular formula is C13H16ClN3O2S. The second kappa shape index (κ2) is 6.10. The zero-order chi connectivity index (χ0) is 14.8. The Morgan fingerprint density at radius 2 is 2.25 bits per heavy atom. The second-order valence-corrected chi connectivity index (χ2v) is 7.15. The van der Waals surface area contributed by atoms with E-state index in [9.17, 15) is 8.42 Å². The first-order valence-electron chi connectivity index (χ1n) is 6.35. The quantitative estimate of drug-likeness (QED) is 0.919. The van der Waals surface area contributed by atoms with Crippen molar-refractivity contribution in [2.24, 2.45) is 0 Å². The molecule has 1 fully saturated rings. The van der Waals surface area contributed by atoms with E-state index in [0.29, 0.717) is 12.1 Å². The van der Waals surface area contributed by atoms with Crippen LogP contribution < -0.4 is 5.32 Å². The van der Waals surface area contributed by atoms with Crippen LogP contribution >= 0.6 is 11.6 Å². The standard InChI is InChI=1S/C13H16ClN3O2S/c1-17(11-3-2-6-16-9-11)20(18,19)13-5-4-10(8-15)7-12(13)14/h4-5,7,11,16H,2-3,6,9H2,1H3. The summed E-state index contributed by atoms with van der Waals surface area (Å²) in [6.07, 6.45) is 1.78. The second-order valence-electron chi connectivity index (χ2n) is 4.78. The van der Waals surface area contributed by atoms with Gasteiger partial charge in [-0.15, -0.1) is 0 Å². The zero-order valence-corrected chi connectivity index (χ0v) is 12.7. The van der Waals surface area contributed by atoms with Crippen molar-refractivity contribution in [2.75, 3.05) is 20.1 Å². The Labute approximate surface area is 124 Å². The summed E-state index contributed by atoms with van der Waals surface area (Å²) in [4.78, 5) is 0.0474. The summed E-state index contributed by atoms with van der Waals surface area (Å²) >= 11 is 6.00. The molecular weight excluding hydrogens is 298 g/mol. The van der Waals surface area contributed by atoms with Gasteiger partial charge < -0.3 is 5.32 Å². The van der Waals surface area contributed by atoms with Crippen molar-refractivity contribution in [1.29, 1.82) is 5.26 Å². The SMILES string of the molecule is CN(C1CCCNC1)S(=O)(=O)c1ccc(C#N)cc1Cl. The van der Waals surface area contributed by atoms with Crippen LogP contribution in [0.3, 0.4) is 0 Å². The average molecular weight is 314 g/mol. The Hall–Kier alpha value is -1.13. The molecule has 1 aliphatic rings. The first kappa shape index (κ1) is 15.3. The summed E-state index contributed by atoms with van der Waals surface area (Å²) in [5, 5.41) is 12.1. The number of hydrogen-bond donors (Lipinski definition) is 1. The van der Waals surface area contributed by atoms with Gasteiger partial charge in [0.15, 0.2) is 0 Å². The van der Waals surface area contributed by atoms with E-state index in [1.165, 1.54) is 22.5 Å². The molecule has 108 valence electrons. The molecule has 1 unspecified atom stereocenters. The Morgan fingerprint density at radius 3 is 2.80 bits per heavy atom. The van der Waals surface area contributed by atoms with Gasteiger partial charge in [-0.3, -0.25) is 0 Å². The van der Waals surface area contributed by atoms with Gasteiger partial charge in [-0.1, -0.05) is 11.6 Å². The summed E-state index contributed by atoms with van der Waals surface area (Å²) in [5.74, 6) is 0. The van der Waals surface area contributed by atoms with Gasteiger partial charge in [-0.2, -0.15) is 9.57 Å². The maximum atomic E-state index is 12.6. The van der Waals surface area contributed by atoms with Gasteiger partial charge in [0.05, 0.1) is 16.7 Å². The molecule has 1 heterocycles. The molecule has 0 spiro atoms. The molecule has 7 heteroatoms. The Morgan fingerprint density at radius 1 is 1.50 bits per heavy atom. The minimum Gasteiger partial charge on any atom is -0.315 e. The lowest BCUT2D eigenvalue weighted by molar-refractivity contribution is 0.300. The Kier molecular flexibility index (Phi) is 4.66. The van der Waals surface area contributed by atoms with Gasteiger partial charge in [0.2, 0.25) is 10.0 Å². The van der Waals surface area contributed by atoms with Gasteiger partial charge in [0, 0.05) is 19.6 Å². The number of sulfonamides is 1. The number of halogens is 1. The Bertz CT molecular complexity index is 634. The molecule has 0 amide bonds. The number of piperidine rings is 1. The third kappa shape index (κ3) is 2.96. The largest absolute Gasteiger partial charge is 0.315 e. The lowest BCUT2D eigenvalue weighted by atomic mass is 10.1. The highest BCUT2D eigenvalue weighted by Crippen LogP contribution is 2.27. The van der Waals surface area contributed by atoms with Gasteiger partial charge in [-0.25, -0.2) is 8.42 Å². The fraction of sp³-hybridized carbons (Fsp3) is 0.462. The summed E-state index contributed by atoms with van der Waals surface area (Å²) < 4.78 is 26.5. The normalized spacial score (nSPS) is 19.8. The van der Waals surface area contributed by atoms with Gasteiger partial charge in [0.1, 0.15) is 4.90 Å². The number of benzene rings is 1. The van der Waals surface area contributed by atoms with E-state index in [-0.39, 0.29) is 16.0 Å². The maximum Gasteiger partial charge on any atom is 0.244 e. The summed E-state index contributed by atoms with van der Waals surface area (Å²) in [6.45, 7) is 1.56. The molecule has 1 aliphatic heterocycles. The molecule has 1 saturated heterocycles. The van der Waals surface area contributed by atoms with Crippen LogP contribution in [0.5, 0.6) is 0 Å². The van der Waals surface area contributed by atoms with Crippen LogP contribution in [0.15, 0.2) is 23.1 Å². The molecule has 0 radical (unpaired) electrons. The minimum absolute atomic E-state index is 0.0474. The highest BCUT2D eigenvalue weighted by atomic mass is 35.5. The van der Waals surface area contributed by atoms with Gasteiger partial charge >= 0.3 is 0 Å². The Balaban J connectivity index is 2.32. The zero-order valence-electron chi connectivity index (χ0n) is 11.1. The number of nitrogens with zero attached hydrogens (tertiary/aromatic N) is 2. The van der Waals surface area contributed by atoms with Gasteiger partial charge in [0.25, 0.3) is 0 Å². The van der Waals surface area contributed by atoms with Crippen molar-refractivity contribution < 1.29 is 8.42 Å². The summed E-state index contributed by atoms with van der Waals surface area (Å²) in [7, 11) is -2.07. The number of likely N-dealkylation sites (N-methyl/N-ethyl adjacent to an activating group) is 1. The molecule has 5 nitrogen and oxygen atoms in total. The molecule has 2 rings (SSSR count). The molecule has 0 saturated carbocycles. The van der Waals surface area contributed by atoms with E-state index in [4.69, 9.17) is 16.9 Å². The third-order valence-corrected chi connectivity index (χ3v) is 5.90. The van der Waals surface area contributed by atoms with Crippen molar-refractivity contribution in [1.82, 2.24) is 9.62 Å². The molecule has 1 aromatic carbocycles. The molecule has 0 aliphatic carbocycles. The molecule has 0 aromatic heterocycles. The number of nitrogens with one attached hydrogen (secondary N) is 1. The van der Waals surface area contributed by atoms with Crippen LogP contribution in [0, 0.1) is 11.3 Å². The van der Waals surface area contributed by atoms with Crippen LogP contribution in [0.2, 0.25) is 5.02 Å². The highest BCUT2D eigenvalue weighted by molar-refractivity contribution is 7.89. The molecule has 1 atom stereocenters. The summed E-state index contributed by atoms with van der Waals surface area (Å²) in [6, 6.07) is 6.10. The van der Waals surface area contributed by atoms with E-state index in [0.717, 1.165) is 19.4 Å². The van der Waals surface area contributed by atoms with Crippen LogP contribution in [0.1, 0.15) is 18.4 Å². The number of nitriles is 1. The van der Waals surface area contributed by atoms with Crippen LogP contribution in [0.4, 0.5) is 0 Å². The van der Waals surface area contributed by atoms with E-state index < -0.39 is 10.0 Å². The monoisotopic (exact) mass is 313 g/mol. The van der Waals surface area contributed by atoms with Crippen molar-refractivity contribution in [2.45, 2.75) is 23.8 Å². The smallest absolute Gasteiger partial charge is 0.244 e. The number of hydrogen-bond acceptors (Lipinski definition) is 4. The molecule has 20 heavy (non-hydrogen) atoms. The predicted molar refractivity (Wildman–Crippen MR) is 77.0 cm³/mol. The summed E-state index contributed by atoms with van der Waals surface area (Å²) in [5.41, 5.74) is 0.343. The number of rotatable bonds is 3.